The number of sulfone groups is 1. The van der Waals surface area contributed by atoms with Crippen LogP contribution in [0.2, 0.25) is 0 Å². The van der Waals surface area contributed by atoms with Crippen molar-refractivity contribution in [3.63, 3.8) is 0 Å². The van der Waals surface area contributed by atoms with Gasteiger partial charge in [-0.2, -0.15) is 13.2 Å². The predicted molar refractivity (Wildman–Crippen MR) is 103 cm³/mol. The van der Waals surface area contributed by atoms with Gasteiger partial charge in [0, 0.05) is 18.2 Å². The Morgan fingerprint density at radius 3 is 2.55 bits per heavy atom. The molecule has 0 bridgehead atoms. The third-order valence-electron chi connectivity index (χ3n) is 4.25. The van der Waals surface area contributed by atoms with Gasteiger partial charge in [-0.3, -0.25) is 4.98 Å². The van der Waals surface area contributed by atoms with E-state index in [1.54, 1.807) is 0 Å². The molecule has 15 heteroatoms. The second-order valence-corrected chi connectivity index (χ2v) is 8.42. The first-order valence-electron chi connectivity index (χ1n) is 8.51. The van der Waals surface area contributed by atoms with Crippen molar-refractivity contribution < 1.29 is 21.6 Å². The molecule has 3 aromatic rings. The van der Waals surface area contributed by atoms with Crippen LogP contribution in [0, 0.1) is 0 Å². The normalized spacial score (nSPS) is 11.9. The van der Waals surface area contributed by atoms with Crippen molar-refractivity contribution in [1.29, 1.82) is 0 Å². The van der Waals surface area contributed by atoms with Crippen molar-refractivity contribution in [3.05, 3.63) is 40.4 Å². The minimum Gasteiger partial charge on any atom is -0.397 e. The second kappa shape index (κ2) is 7.85. The van der Waals surface area contributed by atoms with Gasteiger partial charge >= 0.3 is 6.18 Å². The smallest absolute Gasteiger partial charge is 0.397 e. The summed E-state index contributed by atoms with van der Waals surface area (Å²) in [7, 11) is -2.45. The van der Waals surface area contributed by atoms with Crippen molar-refractivity contribution in [2.24, 2.45) is 12.2 Å². The minimum atomic E-state index is -4.59. The maximum absolute atomic E-state index is 13.0. The number of nitrogens with zero attached hydrogens (tertiary/aromatic N) is 8. The quantitative estimate of drug-likeness (QED) is 0.351. The van der Waals surface area contributed by atoms with Gasteiger partial charge < -0.3 is 10.3 Å². The molecule has 0 spiro atoms. The fourth-order valence-corrected chi connectivity index (χ4v) is 3.71. The van der Waals surface area contributed by atoms with E-state index in [4.69, 9.17) is 11.3 Å². The van der Waals surface area contributed by atoms with Gasteiger partial charge in [-0.1, -0.05) is 6.92 Å². The Labute approximate surface area is 173 Å². The molecule has 31 heavy (non-hydrogen) atoms. The maximum atomic E-state index is 13.0. The van der Waals surface area contributed by atoms with Crippen LogP contribution in [-0.4, -0.2) is 38.9 Å². The number of alkyl halides is 3. The summed E-state index contributed by atoms with van der Waals surface area (Å²) in [6.45, 7) is 1.41. The lowest BCUT2D eigenvalue weighted by Gasteiger charge is -2.11. The predicted octanol–water partition coefficient (Wildman–Crippen LogP) is 3.28. The van der Waals surface area contributed by atoms with E-state index < -0.39 is 21.6 Å². The zero-order chi connectivity index (χ0) is 23.0. The molecule has 3 aromatic heterocycles. The number of azide groups is 1. The third kappa shape index (κ3) is 4.13. The van der Waals surface area contributed by atoms with Crippen LogP contribution in [0.4, 0.5) is 24.7 Å². The summed E-state index contributed by atoms with van der Waals surface area (Å²) in [5.41, 5.74) is 13.0. The number of hydrogen-bond donors (Lipinski definition) is 1. The van der Waals surface area contributed by atoms with Crippen LogP contribution in [0.5, 0.6) is 0 Å². The van der Waals surface area contributed by atoms with Gasteiger partial charge in [-0.05, 0) is 28.8 Å². The number of anilines is 1. The Morgan fingerprint density at radius 2 is 1.94 bits per heavy atom. The minimum absolute atomic E-state index is 0.0649. The zero-order valence-corrected chi connectivity index (χ0v) is 16.8. The van der Waals surface area contributed by atoms with E-state index in [1.807, 2.05) is 0 Å². The van der Waals surface area contributed by atoms with Crippen LogP contribution in [0.25, 0.3) is 33.5 Å². The van der Waals surface area contributed by atoms with E-state index >= 15 is 0 Å². The van der Waals surface area contributed by atoms with Crippen LogP contribution in [0.3, 0.4) is 0 Å². The lowest BCUT2D eigenvalue weighted by molar-refractivity contribution is -0.137. The fraction of sp³-hybridized carbons (Fsp3) is 0.250. The van der Waals surface area contributed by atoms with E-state index in [1.165, 1.54) is 18.5 Å². The summed E-state index contributed by atoms with van der Waals surface area (Å²) in [4.78, 5) is 10.2. The van der Waals surface area contributed by atoms with Gasteiger partial charge in [-0.15, -0.1) is 10.2 Å². The largest absolute Gasteiger partial charge is 0.416 e. The highest BCUT2D eigenvalue weighted by Gasteiger charge is 2.32. The highest BCUT2D eigenvalue weighted by atomic mass is 32.2. The average molecular weight is 453 g/mol. The monoisotopic (exact) mass is 453 g/mol. The molecule has 0 amide bonds. The number of pyridine rings is 2. The van der Waals surface area contributed by atoms with Gasteiger partial charge in [0.25, 0.3) is 0 Å². The Morgan fingerprint density at radius 1 is 1.26 bits per heavy atom. The summed E-state index contributed by atoms with van der Waals surface area (Å²) >= 11 is 0. The molecule has 0 atom stereocenters. The molecule has 0 unspecified atom stereocenters. The van der Waals surface area contributed by atoms with Crippen LogP contribution < -0.4 is 5.73 Å². The van der Waals surface area contributed by atoms with Crippen molar-refractivity contribution in [1.82, 2.24) is 24.7 Å². The van der Waals surface area contributed by atoms with Gasteiger partial charge in [-0.25, -0.2) is 13.4 Å². The second-order valence-electron chi connectivity index (χ2n) is 6.17. The third-order valence-corrected chi connectivity index (χ3v) is 5.99. The molecule has 0 aliphatic carbocycles. The van der Waals surface area contributed by atoms with E-state index in [9.17, 15) is 21.6 Å². The average Bonchev–Trinajstić information content (AvgIpc) is 3.10. The van der Waals surface area contributed by atoms with E-state index in [0.29, 0.717) is 0 Å². The highest BCUT2D eigenvalue weighted by Crippen LogP contribution is 2.34. The number of hydrogen-bond acceptors (Lipinski definition) is 8. The summed E-state index contributed by atoms with van der Waals surface area (Å²) in [6.07, 6.45) is -3.62. The van der Waals surface area contributed by atoms with Gasteiger partial charge in [0.05, 0.1) is 21.9 Å². The Kier molecular flexibility index (Phi) is 5.57. The van der Waals surface area contributed by atoms with Crippen molar-refractivity contribution in [2.75, 3.05) is 11.5 Å². The number of rotatable bonds is 5. The Hall–Kier alpha value is -3.71. The molecule has 0 fully saturated rings. The summed E-state index contributed by atoms with van der Waals surface area (Å²) in [5.74, 6) is -0.739. The molecule has 2 N–H and O–H groups in total. The lowest BCUT2D eigenvalue weighted by atomic mass is 10.2. The molecule has 3 heterocycles. The summed E-state index contributed by atoms with van der Waals surface area (Å²) in [5, 5.41) is 11.1. The summed E-state index contributed by atoms with van der Waals surface area (Å²) in [6, 6.07) is 2.68. The molecule has 0 aliphatic heterocycles. The van der Waals surface area contributed by atoms with Gasteiger partial charge in [0.2, 0.25) is 0 Å². The van der Waals surface area contributed by atoms with Crippen molar-refractivity contribution in [2.45, 2.75) is 18.0 Å². The molecule has 162 valence electrons. The fourth-order valence-electron chi connectivity index (χ4n) is 2.66. The molecule has 0 saturated heterocycles. The van der Waals surface area contributed by atoms with Gasteiger partial charge in [0.1, 0.15) is 11.4 Å². The molecule has 3 rings (SSSR count). The first-order chi connectivity index (χ1) is 14.5. The Balaban J connectivity index is 2.25. The van der Waals surface area contributed by atoms with Crippen molar-refractivity contribution >= 4 is 21.3 Å². The van der Waals surface area contributed by atoms with Crippen LogP contribution in [-0.2, 0) is 23.1 Å². The number of halogens is 3. The first kappa shape index (κ1) is 22.0. The standard InChI is InChI=1S/C16H14F3N9O2S/c1-3-31(29,30)11-7-9(20)13(24-27-21)23-12(11)15-26-25-14(28(15)2)10-6-8(4-5-22-10)16(17,18)19/h4-7H,3,20H2,1-2H3. The first-order valence-corrected chi connectivity index (χ1v) is 10.2. The van der Waals surface area contributed by atoms with E-state index in [2.05, 4.69) is 30.2 Å². The van der Waals surface area contributed by atoms with Crippen molar-refractivity contribution in [3.8, 4) is 23.0 Å². The van der Waals surface area contributed by atoms with Crippen LogP contribution in [0.1, 0.15) is 12.5 Å². The number of nitrogens with two attached hydrogens (primary N) is 1. The molecule has 0 aromatic carbocycles. The molecule has 0 aliphatic rings. The van der Waals surface area contributed by atoms with E-state index in [-0.39, 0.29) is 45.2 Å². The Bertz CT molecular complexity index is 1310. The topological polar surface area (TPSA) is 165 Å². The SMILES string of the molecule is CCS(=O)(=O)c1cc(N)c(N=[N+]=[N-])nc1-c1nnc(-c2cc(C(F)(F)F)ccn2)n1C. The molecule has 0 saturated carbocycles. The number of aromatic nitrogens is 5. The lowest BCUT2D eigenvalue weighted by Crippen LogP contribution is -2.10. The van der Waals surface area contributed by atoms with E-state index in [0.717, 1.165) is 24.4 Å². The summed E-state index contributed by atoms with van der Waals surface area (Å²) < 4.78 is 65.5. The maximum Gasteiger partial charge on any atom is 0.416 e. The molecule has 11 nitrogen and oxygen atoms in total. The van der Waals surface area contributed by atoms with Gasteiger partial charge in [0.15, 0.2) is 27.3 Å². The number of nitrogen functional groups attached to an aromatic ring is 1. The molecular formula is C16H14F3N9O2S. The highest BCUT2D eigenvalue weighted by molar-refractivity contribution is 7.91. The van der Waals surface area contributed by atoms with Crippen LogP contribution in [0.15, 0.2) is 34.4 Å². The zero-order valence-electron chi connectivity index (χ0n) is 16.0. The van der Waals surface area contributed by atoms with Crippen LogP contribution >= 0.6 is 0 Å². The molecular weight excluding hydrogens is 439 g/mol. The molecule has 0 radical (unpaired) electrons.